The van der Waals surface area contributed by atoms with Crippen LogP contribution in [0.3, 0.4) is 0 Å². The second kappa shape index (κ2) is 9.86. The fraction of sp³-hybridized carbons (Fsp3) is 0.250. The van der Waals surface area contributed by atoms with Gasteiger partial charge in [0.15, 0.2) is 9.34 Å². The number of carbonyl (C=O) groups is 1. The molecule has 2 heterocycles. The van der Waals surface area contributed by atoms with Crippen LogP contribution in [-0.4, -0.2) is 38.1 Å². The van der Waals surface area contributed by atoms with Crippen molar-refractivity contribution >= 4 is 38.2 Å². The van der Waals surface area contributed by atoms with Crippen molar-refractivity contribution in [1.29, 1.82) is 0 Å². The van der Waals surface area contributed by atoms with Crippen LogP contribution in [0.1, 0.15) is 18.2 Å². The summed E-state index contributed by atoms with van der Waals surface area (Å²) < 4.78 is 32.3. The summed E-state index contributed by atoms with van der Waals surface area (Å²) in [5.74, 6) is 0.699. The summed E-state index contributed by atoms with van der Waals surface area (Å²) in [7, 11) is -2.35. The van der Waals surface area contributed by atoms with Crippen molar-refractivity contribution in [3.05, 3.63) is 60.0 Å². The first-order chi connectivity index (χ1) is 14.8. The van der Waals surface area contributed by atoms with Gasteiger partial charge < -0.3 is 10.1 Å². The van der Waals surface area contributed by atoms with E-state index in [1.54, 1.807) is 49.6 Å². The van der Waals surface area contributed by atoms with E-state index in [-0.39, 0.29) is 15.9 Å². The lowest BCUT2D eigenvalue weighted by atomic mass is 10.2. The van der Waals surface area contributed by atoms with E-state index in [9.17, 15) is 13.2 Å². The number of hydrogen-bond acceptors (Lipinski definition) is 7. The van der Waals surface area contributed by atoms with Crippen molar-refractivity contribution in [1.82, 2.24) is 14.7 Å². The molecule has 0 spiro atoms. The van der Waals surface area contributed by atoms with E-state index >= 15 is 0 Å². The van der Waals surface area contributed by atoms with Gasteiger partial charge in [0, 0.05) is 18.1 Å². The topological polar surface area (TPSA) is 114 Å². The molecule has 1 aromatic carbocycles. The zero-order valence-corrected chi connectivity index (χ0v) is 19.0. The average Bonchev–Trinajstić information content (AvgIpc) is 3.16. The number of rotatable bonds is 8. The van der Waals surface area contributed by atoms with Crippen molar-refractivity contribution < 1.29 is 17.9 Å². The number of urea groups is 1. The van der Waals surface area contributed by atoms with E-state index < -0.39 is 16.1 Å². The molecule has 3 rings (SSSR count). The second-order valence-corrected chi connectivity index (χ2v) is 9.47. The quantitative estimate of drug-likeness (QED) is 0.532. The number of aryl methyl sites for hydroxylation is 1. The Balaban J connectivity index is 1.91. The average molecular weight is 462 g/mol. The molecule has 0 fully saturated rings. The Morgan fingerprint density at radius 1 is 1.23 bits per heavy atom. The highest BCUT2D eigenvalue weighted by Crippen LogP contribution is 2.31. The van der Waals surface area contributed by atoms with Gasteiger partial charge in [-0.25, -0.2) is 22.9 Å². The van der Waals surface area contributed by atoms with E-state index in [1.807, 2.05) is 13.0 Å². The minimum Gasteiger partial charge on any atom is -0.494 e. The minimum atomic E-state index is -3.69. The van der Waals surface area contributed by atoms with Crippen molar-refractivity contribution in [3.63, 3.8) is 0 Å². The van der Waals surface area contributed by atoms with Gasteiger partial charge in [-0.05, 0) is 56.8 Å². The molecule has 0 unspecified atom stereocenters. The molecule has 2 N–H and O–H groups in total. The van der Waals surface area contributed by atoms with E-state index in [2.05, 4.69) is 20.0 Å². The summed E-state index contributed by atoms with van der Waals surface area (Å²) in [6, 6.07) is 10.1. The lowest BCUT2D eigenvalue weighted by Crippen LogP contribution is -2.34. The smallest absolute Gasteiger partial charge is 0.328 e. The Bertz CT molecular complexity index is 1130. The summed E-state index contributed by atoms with van der Waals surface area (Å²) in [5.41, 5.74) is 1.66. The molecule has 0 saturated carbocycles. The predicted octanol–water partition coefficient (Wildman–Crippen LogP) is 3.39. The number of benzene rings is 1. The van der Waals surface area contributed by atoms with Gasteiger partial charge in [0.1, 0.15) is 5.75 Å². The lowest BCUT2D eigenvalue weighted by Gasteiger charge is -2.20. The van der Waals surface area contributed by atoms with Gasteiger partial charge in [-0.3, -0.25) is 9.88 Å². The molecule has 0 radical (unpaired) electrons. The third kappa shape index (κ3) is 5.57. The Morgan fingerprint density at radius 3 is 2.58 bits per heavy atom. The van der Waals surface area contributed by atoms with Crippen molar-refractivity contribution in [2.24, 2.45) is 0 Å². The maximum absolute atomic E-state index is 13.1. The molecule has 0 bridgehead atoms. The van der Waals surface area contributed by atoms with Gasteiger partial charge >= 0.3 is 6.03 Å². The fourth-order valence-corrected chi connectivity index (χ4v) is 5.05. The molecular weight excluding hydrogens is 438 g/mol. The van der Waals surface area contributed by atoms with Crippen LogP contribution in [0.2, 0.25) is 0 Å². The molecule has 31 heavy (non-hydrogen) atoms. The number of aromatic nitrogens is 2. The summed E-state index contributed by atoms with van der Waals surface area (Å²) in [6.45, 7) is 4.20. The SMILES string of the molecule is CCOc1ccc(NC(=O)N(Cc2cccnc2)c2nc(C)c(S(=O)(=O)NC)s2)cc1. The molecule has 2 aromatic heterocycles. The molecule has 2 amide bonds. The number of anilines is 2. The number of pyridine rings is 1. The molecule has 0 aliphatic carbocycles. The number of thiazole rings is 1. The van der Waals surface area contributed by atoms with Crippen LogP contribution in [0.4, 0.5) is 15.6 Å². The number of nitrogens with zero attached hydrogens (tertiary/aromatic N) is 3. The molecule has 11 heteroatoms. The highest BCUT2D eigenvalue weighted by molar-refractivity contribution is 7.91. The monoisotopic (exact) mass is 461 g/mol. The third-order valence-corrected chi connectivity index (χ3v) is 7.42. The van der Waals surface area contributed by atoms with Crippen LogP contribution in [0, 0.1) is 6.92 Å². The highest BCUT2D eigenvalue weighted by Gasteiger charge is 2.26. The van der Waals surface area contributed by atoms with E-state index in [4.69, 9.17) is 4.74 Å². The molecular formula is C20H23N5O4S2. The van der Waals surface area contributed by atoms with Gasteiger partial charge in [0.2, 0.25) is 0 Å². The molecule has 3 aromatic rings. The summed E-state index contributed by atoms with van der Waals surface area (Å²) >= 11 is 0.929. The molecule has 0 saturated heterocycles. The number of nitrogens with one attached hydrogen (secondary N) is 2. The Labute approximate surface area is 185 Å². The zero-order valence-electron chi connectivity index (χ0n) is 17.3. The zero-order chi connectivity index (χ0) is 22.4. The second-order valence-electron chi connectivity index (χ2n) is 6.41. The van der Waals surface area contributed by atoms with Crippen molar-refractivity contribution in [3.8, 4) is 5.75 Å². The van der Waals surface area contributed by atoms with Gasteiger partial charge in [-0.1, -0.05) is 17.4 Å². The first kappa shape index (κ1) is 22.7. The minimum absolute atomic E-state index is 0.0649. The number of carbonyl (C=O) groups excluding carboxylic acids is 1. The van der Waals surface area contributed by atoms with E-state index in [1.165, 1.54) is 11.9 Å². The lowest BCUT2D eigenvalue weighted by molar-refractivity contribution is 0.256. The van der Waals surface area contributed by atoms with Crippen LogP contribution in [0.25, 0.3) is 0 Å². The molecule has 0 atom stereocenters. The van der Waals surface area contributed by atoms with Gasteiger partial charge in [0.25, 0.3) is 10.0 Å². The van der Waals surface area contributed by atoms with Crippen molar-refractivity contribution in [2.75, 3.05) is 23.9 Å². The summed E-state index contributed by atoms with van der Waals surface area (Å²) in [4.78, 5) is 22.9. The van der Waals surface area contributed by atoms with E-state index in [0.717, 1.165) is 16.9 Å². The van der Waals surface area contributed by atoms with Gasteiger partial charge in [-0.2, -0.15) is 0 Å². The Kier molecular flexibility index (Phi) is 7.21. The highest BCUT2D eigenvalue weighted by atomic mass is 32.2. The van der Waals surface area contributed by atoms with Crippen LogP contribution in [0.15, 0.2) is 53.0 Å². The van der Waals surface area contributed by atoms with Gasteiger partial charge in [-0.15, -0.1) is 0 Å². The first-order valence-electron chi connectivity index (χ1n) is 9.45. The van der Waals surface area contributed by atoms with Crippen LogP contribution in [0.5, 0.6) is 5.75 Å². The largest absolute Gasteiger partial charge is 0.494 e. The number of ether oxygens (including phenoxy) is 1. The van der Waals surface area contributed by atoms with Crippen molar-refractivity contribution in [2.45, 2.75) is 24.6 Å². The van der Waals surface area contributed by atoms with E-state index in [0.29, 0.717) is 23.7 Å². The Morgan fingerprint density at radius 2 is 1.97 bits per heavy atom. The molecule has 0 aliphatic heterocycles. The van der Waals surface area contributed by atoms with Crippen LogP contribution < -0.4 is 19.7 Å². The Hall–Kier alpha value is -3.02. The number of sulfonamides is 1. The van der Waals surface area contributed by atoms with Crippen LogP contribution in [-0.2, 0) is 16.6 Å². The fourth-order valence-electron chi connectivity index (χ4n) is 2.72. The molecule has 0 aliphatic rings. The van der Waals surface area contributed by atoms with Gasteiger partial charge in [0.05, 0.1) is 18.8 Å². The number of amides is 2. The molecule has 9 nitrogen and oxygen atoms in total. The predicted molar refractivity (Wildman–Crippen MR) is 120 cm³/mol. The normalized spacial score (nSPS) is 11.2. The number of hydrogen-bond donors (Lipinski definition) is 2. The standard InChI is InChI=1S/C20H23N5O4S2/c1-4-29-17-9-7-16(8-10-17)24-19(26)25(13-15-6-5-11-22-12-15)20-23-14(2)18(30-20)31(27,28)21-3/h5-12,21H,4,13H2,1-3H3,(H,24,26). The first-order valence-corrected chi connectivity index (χ1v) is 11.7. The molecule has 164 valence electrons. The summed E-state index contributed by atoms with van der Waals surface area (Å²) in [6.07, 6.45) is 3.28. The summed E-state index contributed by atoms with van der Waals surface area (Å²) in [5, 5.41) is 3.09. The third-order valence-electron chi connectivity index (χ3n) is 4.21. The van der Waals surface area contributed by atoms with Crippen LogP contribution >= 0.6 is 11.3 Å². The maximum Gasteiger partial charge on any atom is 0.328 e. The maximum atomic E-state index is 13.1.